The number of carbonyl (C=O) groups is 1. The number of nitrogens with zero attached hydrogens (tertiary/aromatic N) is 3. The summed E-state index contributed by atoms with van der Waals surface area (Å²) >= 11 is 1.42. The van der Waals surface area contributed by atoms with Crippen LogP contribution in [0.5, 0.6) is 5.75 Å². The average molecular weight is 506 g/mol. The number of amides is 1. The Hall–Kier alpha value is -3.49. The monoisotopic (exact) mass is 505 g/mol. The maximum absolute atomic E-state index is 14.0. The first-order chi connectivity index (χ1) is 17.5. The molecule has 8 heteroatoms. The van der Waals surface area contributed by atoms with E-state index >= 15 is 0 Å². The van der Waals surface area contributed by atoms with Gasteiger partial charge < -0.3 is 19.6 Å². The molecule has 3 heterocycles. The Kier molecular flexibility index (Phi) is 7.16. The highest BCUT2D eigenvalue weighted by atomic mass is 32.1. The predicted octanol–water partition coefficient (Wildman–Crippen LogP) is 5.25. The molecule has 5 rings (SSSR count). The van der Waals surface area contributed by atoms with E-state index in [0.29, 0.717) is 49.4 Å². The number of pyridine rings is 1. The van der Waals surface area contributed by atoms with Crippen molar-refractivity contribution in [1.29, 1.82) is 0 Å². The largest absolute Gasteiger partial charge is 0.497 e. The van der Waals surface area contributed by atoms with Gasteiger partial charge in [0.05, 0.1) is 30.2 Å². The molecule has 1 amide bonds. The summed E-state index contributed by atoms with van der Waals surface area (Å²) < 4.78 is 19.3. The molecule has 1 fully saturated rings. The van der Waals surface area contributed by atoms with Gasteiger partial charge in [0.2, 0.25) is 0 Å². The first kappa shape index (κ1) is 24.2. The van der Waals surface area contributed by atoms with Crippen molar-refractivity contribution < 1.29 is 19.0 Å². The van der Waals surface area contributed by atoms with Crippen LogP contribution < -0.4 is 9.64 Å². The number of piperidine rings is 1. The molecule has 1 saturated heterocycles. The molecule has 0 bridgehead atoms. The molecule has 0 spiro atoms. The maximum Gasteiger partial charge on any atom is 0.264 e. The van der Waals surface area contributed by atoms with Crippen LogP contribution in [0.15, 0.2) is 66.0 Å². The fraction of sp³-hybridized carbons (Fsp3) is 0.286. The fourth-order valence-electron chi connectivity index (χ4n) is 4.55. The lowest BCUT2D eigenvalue weighted by Gasteiger charge is -2.33. The number of aliphatic hydroxyl groups excluding tert-OH is 1. The Morgan fingerprint density at radius 1 is 1.14 bits per heavy atom. The number of ether oxygens (including phenoxy) is 1. The molecule has 2 aromatic heterocycles. The van der Waals surface area contributed by atoms with Crippen molar-refractivity contribution in [2.24, 2.45) is 0 Å². The van der Waals surface area contributed by atoms with Gasteiger partial charge in [0.25, 0.3) is 5.91 Å². The number of aliphatic hydroxyl groups is 1. The summed E-state index contributed by atoms with van der Waals surface area (Å²) in [6.45, 7) is 2.07. The minimum absolute atomic E-state index is 0.0555. The standard InChI is InChI=1S/C28H28FN3O3S/c1-35-24-8-4-19(5-9-24)17-32(28(34)26-3-2-14-36-26)18-21-15-20-6-7-22(29)16-25(20)30-27(21)31-12-10-23(33)11-13-31/h2-9,14-16,23,33H,10-13,17-18H2,1H3. The fourth-order valence-corrected chi connectivity index (χ4v) is 5.25. The molecule has 1 N–H and O–H groups in total. The molecule has 4 aromatic rings. The van der Waals surface area contributed by atoms with Crippen molar-refractivity contribution in [2.75, 3.05) is 25.1 Å². The van der Waals surface area contributed by atoms with E-state index in [9.17, 15) is 14.3 Å². The van der Waals surface area contributed by atoms with Crippen LogP contribution in [-0.4, -0.2) is 47.2 Å². The maximum atomic E-state index is 14.0. The summed E-state index contributed by atoms with van der Waals surface area (Å²) in [5.74, 6) is 1.10. The Balaban J connectivity index is 1.53. The minimum Gasteiger partial charge on any atom is -0.497 e. The van der Waals surface area contributed by atoms with Gasteiger partial charge >= 0.3 is 0 Å². The second kappa shape index (κ2) is 10.6. The quantitative estimate of drug-likeness (QED) is 0.372. The van der Waals surface area contributed by atoms with Crippen LogP contribution in [0.2, 0.25) is 0 Å². The van der Waals surface area contributed by atoms with Crippen molar-refractivity contribution in [3.63, 3.8) is 0 Å². The number of halogens is 1. The van der Waals surface area contributed by atoms with E-state index in [2.05, 4.69) is 4.90 Å². The third kappa shape index (κ3) is 5.34. The van der Waals surface area contributed by atoms with E-state index in [1.807, 2.05) is 52.7 Å². The lowest BCUT2D eigenvalue weighted by molar-refractivity contribution is 0.0735. The van der Waals surface area contributed by atoms with Gasteiger partial charge in [-0.05, 0) is 60.2 Å². The molecule has 0 atom stereocenters. The van der Waals surface area contributed by atoms with Crippen molar-refractivity contribution in [3.8, 4) is 5.75 Å². The number of thiophene rings is 1. The summed E-state index contributed by atoms with van der Waals surface area (Å²) in [7, 11) is 1.63. The number of rotatable bonds is 7. The molecule has 0 radical (unpaired) electrons. The predicted molar refractivity (Wildman–Crippen MR) is 140 cm³/mol. The van der Waals surface area contributed by atoms with Crippen molar-refractivity contribution in [1.82, 2.24) is 9.88 Å². The summed E-state index contributed by atoms with van der Waals surface area (Å²) in [6.07, 6.45) is 0.965. The molecule has 0 unspecified atom stereocenters. The van der Waals surface area contributed by atoms with Crippen LogP contribution in [0.25, 0.3) is 10.9 Å². The van der Waals surface area contributed by atoms with Gasteiger partial charge in [0.1, 0.15) is 17.4 Å². The zero-order chi connectivity index (χ0) is 25.1. The molecule has 186 valence electrons. The number of aromatic nitrogens is 1. The third-order valence-corrected chi connectivity index (χ3v) is 7.37. The SMILES string of the molecule is COc1ccc(CN(Cc2cc3ccc(F)cc3nc2N2CCC(O)CC2)C(=O)c2cccs2)cc1. The molecule has 1 aliphatic heterocycles. The first-order valence-electron chi connectivity index (χ1n) is 12.0. The highest BCUT2D eigenvalue weighted by Crippen LogP contribution is 2.29. The Labute approximate surface area is 213 Å². The van der Waals surface area contributed by atoms with Gasteiger partial charge in [0.15, 0.2) is 0 Å². The van der Waals surface area contributed by atoms with Crippen LogP contribution in [0.3, 0.4) is 0 Å². The molecule has 0 aliphatic carbocycles. The molecule has 36 heavy (non-hydrogen) atoms. The number of carbonyl (C=O) groups excluding carboxylic acids is 1. The van der Waals surface area contributed by atoms with E-state index in [-0.39, 0.29) is 17.8 Å². The van der Waals surface area contributed by atoms with Gasteiger partial charge in [-0.25, -0.2) is 9.37 Å². The molecular formula is C28H28FN3O3S. The lowest BCUT2D eigenvalue weighted by Crippen LogP contribution is -2.38. The number of benzene rings is 2. The van der Waals surface area contributed by atoms with Crippen molar-refractivity contribution >= 4 is 34.0 Å². The summed E-state index contributed by atoms with van der Waals surface area (Å²) in [4.78, 5) is 23.0. The Morgan fingerprint density at radius 3 is 2.61 bits per heavy atom. The van der Waals surface area contributed by atoms with E-state index in [1.54, 1.807) is 13.2 Å². The van der Waals surface area contributed by atoms with Gasteiger partial charge in [-0.2, -0.15) is 0 Å². The second-order valence-electron chi connectivity index (χ2n) is 9.01. The van der Waals surface area contributed by atoms with E-state index in [4.69, 9.17) is 9.72 Å². The lowest BCUT2D eigenvalue weighted by atomic mass is 10.1. The highest BCUT2D eigenvalue weighted by molar-refractivity contribution is 7.12. The highest BCUT2D eigenvalue weighted by Gasteiger charge is 2.24. The number of fused-ring (bicyclic) bond motifs is 1. The van der Waals surface area contributed by atoms with Gasteiger partial charge in [-0.3, -0.25) is 4.79 Å². The first-order valence-corrected chi connectivity index (χ1v) is 12.9. The van der Waals surface area contributed by atoms with Crippen LogP contribution in [0.4, 0.5) is 10.2 Å². The summed E-state index contributed by atoms with van der Waals surface area (Å²) in [6, 6.07) is 18.0. The second-order valence-corrected chi connectivity index (χ2v) is 9.96. The summed E-state index contributed by atoms with van der Waals surface area (Å²) in [5.41, 5.74) is 2.45. The Bertz CT molecular complexity index is 1340. The molecular weight excluding hydrogens is 477 g/mol. The van der Waals surface area contributed by atoms with Gasteiger partial charge in [-0.15, -0.1) is 11.3 Å². The topological polar surface area (TPSA) is 65.9 Å². The number of hydrogen-bond donors (Lipinski definition) is 1. The zero-order valence-electron chi connectivity index (χ0n) is 20.1. The van der Waals surface area contributed by atoms with Crippen LogP contribution in [-0.2, 0) is 13.1 Å². The normalized spacial score (nSPS) is 14.2. The van der Waals surface area contributed by atoms with Crippen LogP contribution in [0.1, 0.15) is 33.6 Å². The van der Waals surface area contributed by atoms with E-state index in [1.165, 1.54) is 23.5 Å². The molecule has 0 saturated carbocycles. The minimum atomic E-state index is -0.336. The van der Waals surface area contributed by atoms with Gasteiger partial charge in [0, 0.05) is 36.7 Å². The van der Waals surface area contributed by atoms with Crippen LogP contribution in [0, 0.1) is 5.82 Å². The third-order valence-electron chi connectivity index (χ3n) is 6.51. The van der Waals surface area contributed by atoms with E-state index in [0.717, 1.165) is 28.1 Å². The van der Waals surface area contributed by atoms with Crippen molar-refractivity contribution in [3.05, 3.63) is 87.9 Å². The molecule has 1 aliphatic rings. The molecule has 6 nitrogen and oxygen atoms in total. The number of anilines is 1. The van der Waals surface area contributed by atoms with Crippen LogP contribution >= 0.6 is 11.3 Å². The Morgan fingerprint density at radius 2 is 1.92 bits per heavy atom. The zero-order valence-corrected chi connectivity index (χ0v) is 20.9. The number of methoxy groups -OCH3 is 1. The average Bonchev–Trinajstić information content (AvgIpc) is 3.44. The van der Waals surface area contributed by atoms with E-state index < -0.39 is 0 Å². The van der Waals surface area contributed by atoms with Crippen molar-refractivity contribution in [2.45, 2.75) is 32.0 Å². The molecule has 2 aromatic carbocycles. The van der Waals surface area contributed by atoms with Gasteiger partial charge in [-0.1, -0.05) is 18.2 Å². The number of hydrogen-bond acceptors (Lipinski definition) is 6. The summed E-state index contributed by atoms with van der Waals surface area (Å²) in [5, 5.41) is 12.7. The smallest absolute Gasteiger partial charge is 0.264 e.